The van der Waals surface area contributed by atoms with Crippen molar-refractivity contribution >= 4 is 10.1 Å². The molecule has 0 amide bonds. The molecule has 43 heavy (non-hydrogen) atoms. The number of aryl methyl sites for hydroxylation is 4. The van der Waals surface area contributed by atoms with Crippen LogP contribution in [-0.2, 0) is 44.5 Å². The summed E-state index contributed by atoms with van der Waals surface area (Å²) in [5.41, 5.74) is -2.80. The van der Waals surface area contributed by atoms with Gasteiger partial charge in [-0.3, -0.25) is 4.55 Å². The highest BCUT2D eigenvalue weighted by Gasteiger charge is 2.73. The van der Waals surface area contributed by atoms with Gasteiger partial charge in [-0.05, 0) is 91.3 Å². The maximum absolute atomic E-state index is 14.0. The highest BCUT2D eigenvalue weighted by molar-refractivity contribution is 7.85. The third-order valence-corrected chi connectivity index (χ3v) is 7.72. The van der Waals surface area contributed by atoms with Crippen LogP contribution in [0.1, 0.15) is 47.6 Å². The summed E-state index contributed by atoms with van der Waals surface area (Å²) in [5.74, 6) is 0.483. The number of hydrogen-bond acceptors (Lipinski definition) is 5. The van der Waals surface area contributed by atoms with Gasteiger partial charge in [0.2, 0.25) is 0 Å². The minimum Gasteiger partial charge on any atom is -0.457 e. The summed E-state index contributed by atoms with van der Waals surface area (Å²) in [6, 6.07) is 13.8. The van der Waals surface area contributed by atoms with Crippen LogP contribution in [0.2, 0.25) is 0 Å². The molecule has 0 spiro atoms. The van der Waals surface area contributed by atoms with E-state index >= 15 is 0 Å². The smallest absolute Gasteiger partial charge is 0.430 e. The van der Waals surface area contributed by atoms with Gasteiger partial charge in [0.25, 0.3) is 15.7 Å². The first-order valence-corrected chi connectivity index (χ1v) is 14.7. The highest BCUT2D eigenvalue weighted by atomic mass is 32.2. The summed E-state index contributed by atoms with van der Waals surface area (Å²) in [6.45, 7) is 2.36. The summed E-state index contributed by atoms with van der Waals surface area (Å²) >= 11 is 0. The highest BCUT2D eigenvalue weighted by Crippen LogP contribution is 2.53. The maximum Gasteiger partial charge on any atom is 0.430 e. The maximum atomic E-state index is 14.0. The Morgan fingerprint density at radius 3 is 2.00 bits per heavy atom. The zero-order chi connectivity index (χ0) is 32.1. The minimum atomic E-state index is -5.83. The normalized spacial score (nSPS) is 12.9. The molecule has 0 aromatic heterocycles. The second-order valence-electron chi connectivity index (χ2n) is 9.96. The van der Waals surface area contributed by atoms with E-state index in [1.54, 1.807) is 31.2 Å². The van der Waals surface area contributed by atoms with Gasteiger partial charge in [-0.25, -0.2) is 0 Å². The molecule has 1 N–H and O–H groups in total. The number of halogens is 6. The molecule has 0 heterocycles. The second kappa shape index (κ2) is 13.7. The Morgan fingerprint density at radius 2 is 1.47 bits per heavy atom. The fourth-order valence-electron chi connectivity index (χ4n) is 4.70. The lowest BCUT2D eigenvalue weighted by Gasteiger charge is -2.37. The van der Waals surface area contributed by atoms with E-state index in [1.807, 2.05) is 13.0 Å². The summed E-state index contributed by atoms with van der Waals surface area (Å²) in [4.78, 5) is -0.182. The fraction of sp³-hybridized carbons (Fsp3) is 0.400. The molecule has 3 aromatic carbocycles. The van der Waals surface area contributed by atoms with E-state index in [0.717, 1.165) is 42.4 Å². The molecule has 0 bridgehead atoms. The topological polar surface area (TPSA) is 82.1 Å². The van der Waals surface area contributed by atoms with Crippen molar-refractivity contribution in [1.82, 2.24) is 0 Å². The van der Waals surface area contributed by atoms with Gasteiger partial charge in [-0.15, -0.1) is 0 Å². The van der Waals surface area contributed by atoms with Crippen LogP contribution < -0.4 is 4.74 Å². The molecular formula is C30H32F6O6S. The van der Waals surface area contributed by atoms with Crippen molar-refractivity contribution in [3.05, 3.63) is 88.5 Å². The lowest BCUT2D eigenvalue weighted by molar-refractivity contribution is -0.400. The Bertz CT molecular complexity index is 1470. The molecule has 236 valence electrons. The van der Waals surface area contributed by atoms with Crippen molar-refractivity contribution in [3.63, 3.8) is 0 Å². The molecule has 0 aliphatic heterocycles. The van der Waals surface area contributed by atoms with Crippen LogP contribution in [-0.4, -0.2) is 39.2 Å². The second-order valence-corrected chi connectivity index (χ2v) is 11.4. The van der Waals surface area contributed by atoms with Gasteiger partial charge in [-0.2, -0.15) is 34.8 Å². The van der Waals surface area contributed by atoms with Crippen molar-refractivity contribution < 1.29 is 53.5 Å². The summed E-state index contributed by atoms with van der Waals surface area (Å²) in [6.07, 6.45) is -9.00. The van der Waals surface area contributed by atoms with E-state index in [-0.39, 0.29) is 22.6 Å². The lowest BCUT2D eigenvalue weighted by atomic mass is 9.89. The fourth-order valence-corrected chi connectivity index (χ4v) is 5.18. The zero-order valence-electron chi connectivity index (χ0n) is 23.7. The molecular weight excluding hydrogens is 602 g/mol. The number of ether oxygens (including phenoxy) is 3. The Balaban J connectivity index is 1.81. The van der Waals surface area contributed by atoms with E-state index in [0.29, 0.717) is 31.1 Å². The Morgan fingerprint density at radius 1 is 0.814 bits per heavy atom. The Labute approximate surface area is 246 Å². The molecule has 0 aliphatic rings. The van der Waals surface area contributed by atoms with Crippen LogP contribution in [0.15, 0.2) is 65.6 Å². The first kappa shape index (κ1) is 34.4. The third kappa shape index (κ3) is 8.08. The third-order valence-electron chi connectivity index (χ3n) is 6.85. The molecule has 0 radical (unpaired) electrons. The number of benzene rings is 3. The first-order valence-electron chi connectivity index (χ1n) is 13.3. The van der Waals surface area contributed by atoms with Gasteiger partial charge in [0.05, 0.1) is 4.90 Å². The summed E-state index contributed by atoms with van der Waals surface area (Å²) in [5, 5.41) is 0. The van der Waals surface area contributed by atoms with Gasteiger partial charge in [0.1, 0.15) is 18.3 Å². The summed E-state index contributed by atoms with van der Waals surface area (Å²) < 4.78 is 130. The molecule has 3 rings (SSSR count). The molecule has 0 saturated heterocycles. The molecule has 13 heteroatoms. The predicted molar refractivity (Wildman–Crippen MR) is 147 cm³/mol. The van der Waals surface area contributed by atoms with E-state index < -0.39 is 40.4 Å². The average molecular weight is 635 g/mol. The molecule has 0 aliphatic carbocycles. The van der Waals surface area contributed by atoms with E-state index in [4.69, 9.17) is 9.29 Å². The van der Waals surface area contributed by atoms with Crippen LogP contribution in [0.3, 0.4) is 0 Å². The standard InChI is InChI=1S/C30H32F6O6S/c1-4-6-23-18-24(28(29(31,32)33,30(34,35)36)41-19-40-3)12-16-27(23)42-25-13-11-22(20(2)17-25)8-5-7-21-9-14-26(15-10-21)43(37,38)39/h9-18H,4-8,19H2,1-3H3,(H,37,38,39). The molecule has 3 aromatic rings. The van der Waals surface area contributed by atoms with E-state index in [2.05, 4.69) is 9.47 Å². The molecule has 0 atom stereocenters. The predicted octanol–water partition coefficient (Wildman–Crippen LogP) is 8.10. The minimum absolute atomic E-state index is 0.121. The van der Waals surface area contributed by atoms with Crippen LogP contribution in [0.25, 0.3) is 0 Å². The van der Waals surface area contributed by atoms with Crippen molar-refractivity contribution in [2.24, 2.45) is 0 Å². The number of methoxy groups -OCH3 is 1. The first-order chi connectivity index (χ1) is 20.0. The average Bonchev–Trinajstić information content (AvgIpc) is 2.90. The van der Waals surface area contributed by atoms with Gasteiger partial charge in [-0.1, -0.05) is 37.6 Å². The largest absolute Gasteiger partial charge is 0.457 e. The molecule has 0 saturated carbocycles. The van der Waals surface area contributed by atoms with Crippen LogP contribution in [0, 0.1) is 6.92 Å². The van der Waals surface area contributed by atoms with Gasteiger partial charge in [0.15, 0.2) is 0 Å². The molecule has 0 unspecified atom stereocenters. The van der Waals surface area contributed by atoms with Gasteiger partial charge >= 0.3 is 12.4 Å². The Kier molecular flexibility index (Phi) is 10.9. The van der Waals surface area contributed by atoms with Crippen LogP contribution >= 0.6 is 0 Å². The zero-order valence-corrected chi connectivity index (χ0v) is 24.5. The van der Waals surface area contributed by atoms with E-state index in [9.17, 15) is 34.8 Å². The Hall–Kier alpha value is -3.13. The molecule has 6 nitrogen and oxygen atoms in total. The number of hydrogen-bond donors (Lipinski definition) is 1. The van der Waals surface area contributed by atoms with Crippen LogP contribution in [0.4, 0.5) is 26.3 Å². The van der Waals surface area contributed by atoms with Crippen LogP contribution in [0.5, 0.6) is 11.5 Å². The number of rotatable bonds is 13. The SMILES string of the molecule is CCCc1cc(C(OCOC)(C(F)(F)F)C(F)(F)F)ccc1Oc1ccc(CCCc2ccc(S(=O)(=O)O)cc2)c(C)c1. The van der Waals surface area contributed by atoms with Gasteiger partial charge < -0.3 is 14.2 Å². The van der Waals surface area contributed by atoms with E-state index in [1.165, 1.54) is 12.1 Å². The van der Waals surface area contributed by atoms with Crippen molar-refractivity contribution in [3.8, 4) is 11.5 Å². The van der Waals surface area contributed by atoms with Gasteiger partial charge in [0, 0.05) is 12.7 Å². The quantitative estimate of drug-likeness (QED) is 0.116. The number of alkyl halides is 6. The molecule has 0 fully saturated rings. The summed E-state index contributed by atoms with van der Waals surface area (Å²) in [7, 11) is -3.33. The van der Waals surface area contributed by atoms with Crippen molar-refractivity contribution in [1.29, 1.82) is 0 Å². The monoisotopic (exact) mass is 634 g/mol. The van der Waals surface area contributed by atoms with Crippen molar-refractivity contribution in [2.75, 3.05) is 13.9 Å². The van der Waals surface area contributed by atoms with Crippen molar-refractivity contribution in [2.45, 2.75) is 68.8 Å². The lowest BCUT2D eigenvalue weighted by Crippen LogP contribution is -2.56.